The van der Waals surface area contributed by atoms with Crippen LogP contribution in [-0.4, -0.2) is 35.2 Å². The topological polar surface area (TPSA) is 118 Å². The van der Waals surface area contributed by atoms with Gasteiger partial charge in [-0.25, -0.2) is 4.79 Å². The molecule has 25 heavy (non-hydrogen) atoms. The van der Waals surface area contributed by atoms with Crippen LogP contribution in [-0.2, 0) is 17.8 Å². The Morgan fingerprint density at radius 3 is 3.00 bits per heavy atom. The highest BCUT2D eigenvalue weighted by Crippen LogP contribution is 2.26. The fourth-order valence-corrected chi connectivity index (χ4v) is 3.17. The van der Waals surface area contributed by atoms with E-state index >= 15 is 0 Å². The second-order valence-electron chi connectivity index (χ2n) is 6.26. The molecule has 1 saturated heterocycles. The van der Waals surface area contributed by atoms with Gasteiger partial charge in [-0.2, -0.15) is 0 Å². The smallest absolute Gasteiger partial charge is 0.374 e. The molecule has 2 aromatic heterocycles. The molecule has 0 radical (unpaired) electrons. The molecule has 2 atom stereocenters. The summed E-state index contributed by atoms with van der Waals surface area (Å²) in [7, 11) is 0. The van der Waals surface area contributed by atoms with Crippen molar-refractivity contribution in [1.29, 1.82) is 0 Å². The minimum absolute atomic E-state index is 0.0142. The Bertz CT molecular complexity index is 710. The predicted molar refractivity (Wildman–Crippen MR) is 86.8 cm³/mol. The van der Waals surface area contributed by atoms with E-state index in [-0.39, 0.29) is 23.5 Å². The molecule has 1 aliphatic heterocycles. The molecule has 0 aliphatic carbocycles. The van der Waals surface area contributed by atoms with Crippen LogP contribution in [0.4, 0.5) is 0 Å². The van der Waals surface area contributed by atoms with E-state index in [9.17, 15) is 9.59 Å². The Balaban J connectivity index is 1.54. The number of furan rings is 1. The lowest BCUT2D eigenvalue weighted by molar-refractivity contribution is -0.122. The van der Waals surface area contributed by atoms with Crippen LogP contribution in [0.3, 0.4) is 0 Å². The maximum absolute atomic E-state index is 12.2. The highest BCUT2D eigenvalue weighted by Gasteiger charge is 2.28. The molecule has 1 amide bonds. The zero-order chi connectivity index (χ0) is 17.6. The summed E-state index contributed by atoms with van der Waals surface area (Å²) in [4.78, 5) is 23.1. The molecule has 0 aromatic carbocycles. The van der Waals surface area contributed by atoms with Gasteiger partial charge in [-0.05, 0) is 49.9 Å². The maximum Gasteiger partial charge on any atom is 0.374 e. The highest BCUT2D eigenvalue weighted by atomic mass is 16.5. The van der Waals surface area contributed by atoms with Gasteiger partial charge in [-0.1, -0.05) is 5.16 Å². The average Bonchev–Trinajstić information content (AvgIpc) is 3.26. The number of aromatic carboxylic acids is 1. The first-order chi connectivity index (χ1) is 12.1. The Labute approximate surface area is 144 Å². The predicted octanol–water partition coefficient (Wildman–Crippen LogP) is 1.44. The molecule has 3 heterocycles. The van der Waals surface area contributed by atoms with Crippen molar-refractivity contribution < 1.29 is 23.6 Å². The quantitative estimate of drug-likeness (QED) is 0.693. The Kier molecular flexibility index (Phi) is 5.49. The lowest BCUT2D eigenvalue weighted by Gasteiger charge is -2.31. The van der Waals surface area contributed by atoms with Crippen molar-refractivity contribution in [3.63, 3.8) is 0 Å². The third kappa shape index (κ3) is 4.69. The number of carbonyl (C=O) groups is 2. The van der Waals surface area contributed by atoms with Crippen molar-refractivity contribution in [3.05, 3.63) is 41.7 Å². The van der Waals surface area contributed by atoms with E-state index in [0.717, 1.165) is 25.3 Å². The molecule has 1 fully saturated rings. The summed E-state index contributed by atoms with van der Waals surface area (Å²) in [6.45, 7) is 2.02. The zero-order valence-electron chi connectivity index (χ0n) is 13.7. The van der Waals surface area contributed by atoms with Crippen LogP contribution in [0, 0.1) is 11.8 Å². The molecule has 8 nitrogen and oxygen atoms in total. The molecule has 8 heteroatoms. The normalized spacial score (nSPS) is 20.3. The van der Waals surface area contributed by atoms with Gasteiger partial charge in [0.05, 0.1) is 18.5 Å². The number of nitrogens with zero attached hydrogens (tertiary/aromatic N) is 1. The van der Waals surface area contributed by atoms with E-state index in [2.05, 4.69) is 15.8 Å². The molecule has 0 bridgehead atoms. The fourth-order valence-electron chi connectivity index (χ4n) is 3.17. The van der Waals surface area contributed by atoms with Crippen molar-refractivity contribution in [2.75, 3.05) is 13.1 Å². The molecule has 134 valence electrons. The number of aromatic nitrogens is 1. The first kappa shape index (κ1) is 17.2. The largest absolute Gasteiger partial charge is 0.475 e. The van der Waals surface area contributed by atoms with Gasteiger partial charge in [-0.15, -0.1) is 0 Å². The first-order valence-corrected chi connectivity index (χ1v) is 8.30. The number of piperidine rings is 1. The second-order valence-corrected chi connectivity index (χ2v) is 6.26. The van der Waals surface area contributed by atoms with Gasteiger partial charge in [0.15, 0.2) is 0 Å². The SMILES string of the molecule is O=C(CC1CCNCC1Cc1cc(C(=O)O)on1)NCc1ccco1. The maximum atomic E-state index is 12.2. The molecule has 0 spiro atoms. The Morgan fingerprint density at radius 2 is 2.28 bits per heavy atom. The van der Waals surface area contributed by atoms with Crippen LogP contribution in [0.25, 0.3) is 0 Å². The van der Waals surface area contributed by atoms with Crippen LogP contribution < -0.4 is 10.6 Å². The van der Waals surface area contributed by atoms with Crippen LogP contribution in [0.2, 0.25) is 0 Å². The lowest BCUT2D eigenvalue weighted by atomic mass is 9.81. The average molecular weight is 347 g/mol. The second kappa shape index (κ2) is 7.98. The number of hydrogen-bond acceptors (Lipinski definition) is 6. The molecule has 1 aliphatic rings. The summed E-state index contributed by atoms with van der Waals surface area (Å²) in [6.07, 6.45) is 3.48. The van der Waals surface area contributed by atoms with Crippen LogP contribution in [0.1, 0.15) is 34.9 Å². The van der Waals surface area contributed by atoms with E-state index in [1.54, 1.807) is 12.3 Å². The summed E-state index contributed by atoms with van der Waals surface area (Å²) in [6, 6.07) is 5.05. The number of carboxylic acids is 1. The standard InChI is InChI=1S/C17H21N3O5/c21-16(19-10-14-2-1-5-24-14)7-11-3-4-18-9-12(11)6-13-8-15(17(22)23)25-20-13/h1-2,5,8,11-12,18H,3-4,6-7,9-10H2,(H,19,21)(H,22,23). The van der Waals surface area contributed by atoms with Gasteiger partial charge >= 0.3 is 5.97 Å². The van der Waals surface area contributed by atoms with Crippen molar-refractivity contribution in [1.82, 2.24) is 15.8 Å². The molecule has 2 unspecified atom stereocenters. The lowest BCUT2D eigenvalue weighted by Crippen LogP contribution is -2.40. The van der Waals surface area contributed by atoms with E-state index in [1.165, 1.54) is 6.07 Å². The minimum atomic E-state index is -1.13. The number of carbonyl (C=O) groups excluding carboxylic acids is 1. The zero-order valence-corrected chi connectivity index (χ0v) is 13.7. The summed E-state index contributed by atoms with van der Waals surface area (Å²) >= 11 is 0. The third-order valence-corrected chi connectivity index (χ3v) is 4.49. The van der Waals surface area contributed by atoms with Crippen LogP contribution in [0.5, 0.6) is 0 Å². The summed E-state index contributed by atoms with van der Waals surface area (Å²) in [5.41, 5.74) is 0.604. The molecule has 3 rings (SSSR count). The van der Waals surface area contributed by atoms with E-state index in [0.29, 0.717) is 25.1 Å². The number of rotatable bonds is 7. The Hall–Kier alpha value is -2.61. The number of hydrogen-bond donors (Lipinski definition) is 3. The van der Waals surface area contributed by atoms with Gasteiger partial charge < -0.3 is 24.7 Å². The van der Waals surface area contributed by atoms with Crippen LogP contribution >= 0.6 is 0 Å². The van der Waals surface area contributed by atoms with Gasteiger partial charge in [0.25, 0.3) is 0 Å². The molecule has 0 saturated carbocycles. The van der Waals surface area contributed by atoms with Crippen molar-refractivity contribution in [2.45, 2.75) is 25.8 Å². The Morgan fingerprint density at radius 1 is 1.40 bits per heavy atom. The molecule has 2 aromatic rings. The number of amides is 1. The molecular weight excluding hydrogens is 326 g/mol. The van der Waals surface area contributed by atoms with Crippen molar-refractivity contribution in [2.24, 2.45) is 11.8 Å². The van der Waals surface area contributed by atoms with Crippen molar-refractivity contribution in [3.8, 4) is 0 Å². The van der Waals surface area contributed by atoms with Gasteiger partial charge in [0, 0.05) is 12.5 Å². The summed E-state index contributed by atoms with van der Waals surface area (Å²) < 4.78 is 10.0. The van der Waals surface area contributed by atoms with E-state index in [4.69, 9.17) is 14.0 Å². The van der Waals surface area contributed by atoms with Crippen molar-refractivity contribution >= 4 is 11.9 Å². The monoisotopic (exact) mass is 347 g/mol. The van der Waals surface area contributed by atoms with E-state index < -0.39 is 5.97 Å². The minimum Gasteiger partial charge on any atom is -0.475 e. The molecular formula is C17H21N3O5. The first-order valence-electron chi connectivity index (χ1n) is 8.30. The van der Waals surface area contributed by atoms with Gasteiger partial charge in [0.2, 0.25) is 11.7 Å². The summed E-state index contributed by atoms with van der Waals surface area (Å²) in [5, 5.41) is 18.9. The molecule has 3 N–H and O–H groups in total. The fraction of sp³-hybridized carbons (Fsp3) is 0.471. The summed E-state index contributed by atoms with van der Waals surface area (Å²) in [5.74, 6) is -0.169. The van der Waals surface area contributed by atoms with E-state index in [1.807, 2.05) is 6.07 Å². The van der Waals surface area contributed by atoms with Gasteiger partial charge in [0.1, 0.15) is 5.76 Å². The van der Waals surface area contributed by atoms with Gasteiger partial charge in [-0.3, -0.25) is 4.79 Å². The van der Waals surface area contributed by atoms with Crippen LogP contribution in [0.15, 0.2) is 33.4 Å². The number of carboxylic acid groups (broad SMARTS) is 1. The highest BCUT2D eigenvalue weighted by molar-refractivity contribution is 5.84. The number of nitrogens with one attached hydrogen (secondary N) is 2. The third-order valence-electron chi connectivity index (χ3n) is 4.49.